The topological polar surface area (TPSA) is 158 Å². The minimum absolute atomic E-state index is 0.000246. The van der Waals surface area contributed by atoms with E-state index in [0.717, 1.165) is 37.0 Å². The predicted molar refractivity (Wildman–Crippen MR) is 185 cm³/mol. The molecule has 2 aliphatic rings. The predicted octanol–water partition coefficient (Wildman–Crippen LogP) is 4.13. The molecule has 12 nitrogen and oxygen atoms in total. The second kappa shape index (κ2) is 17.7. The summed E-state index contributed by atoms with van der Waals surface area (Å²) in [6.45, 7) is 2.60. The Morgan fingerprint density at radius 1 is 1.04 bits per heavy atom. The van der Waals surface area contributed by atoms with Crippen molar-refractivity contribution in [2.45, 2.75) is 57.5 Å². The largest absolute Gasteiger partial charge is 0.505 e. The van der Waals surface area contributed by atoms with E-state index in [9.17, 15) is 23.9 Å². The van der Waals surface area contributed by atoms with Crippen LogP contribution in [0.1, 0.15) is 52.7 Å². The summed E-state index contributed by atoms with van der Waals surface area (Å²) in [6.07, 6.45) is 5.62. The number of hydrogen-bond donors (Lipinski definition) is 3. The summed E-state index contributed by atoms with van der Waals surface area (Å²) in [5, 5.41) is 13.8. The van der Waals surface area contributed by atoms with Crippen molar-refractivity contribution in [1.82, 2.24) is 19.8 Å². The van der Waals surface area contributed by atoms with E-state index in [2.05, 4.69) is 10.3 Å². The van der Waals surface area contributed by atoms with Gasteiger partial charge in [-0.1, -0.05) is 42.5 Å². The number of benzene rings is 2. The number of fused-ring (bicyclic) bond motifs is 1. The molecule has 0 bridgehead atoms. The van der Waals surface area contributed by atoms with E-state index in [-0.39, 0.29) is 43.7 Å². The summed E-state index contributed by atoms with van der Waals surface area (Å²) >= 11 is 0. The fourth-order valence-electron chi connectivity index (χ4n) is 5.81. The number of nitrogens with zero attached hydrogens (tertiary/aromatic N) is 3. The Hall–Kier alpha value is -4.85. The number of halogens is 1. The van der Waals surface area contributed by atoms with Gasteiger partial charge in [-0.2, -0.15) is 0 Å². The zero-order valence-corrected chi connectivity index (χ0v) is 28.2. The number of aromatic nitrogens is 2. The third kappa shape index (κ3) is 9.65. The highest BCUT2D eigenvalue weighted by atomic mass is 19.1. The Balaban J connectivity index is 0.000000619. The summed E-state index contributed by atoms with van der Waals surface area (Å²) in [6, 6.07) is 17.0. The zero-order chi connectivity index (χ0) is 35.5. The van der Waals surface area contributed by atoms with Crippen LogP contribution >= 0.6 is 0 Å². The second-order valence-corrected chi connectivity index (χ2v) is 12.4. The minimum Gasteiger partial charge on any atom is -0.505 e. The van der Waals surface area contributed by atoms with Crippen molar-refractivity contribution in [1.29, 1.82) is 0 Å². The number of rotatable bonds is 11. The highest BCUT2D eigenvalue weighted by molar-refractivity contribution is 6.01. The van der Waals surface area contributed by atoms with Gasteiger partial charge >= 0.3 is 6.09 Å². The van der Waals surface area contributed by atoms with Crippen LogP contribution in [0.5, 0.6) is 5.75 Å². The summed E-state index contributed by atoms with van der Waals surface area (Å²) in [5.74, 6) is -1.61. The number of carbonyl (C=O) groups excluding carboxylic acids is 2. The SMILES string of the molecule is CN(CCn1c(=O)c(C(=O)NCC2CCCO2)c(O)c2ncc(Cc3ccc(F)cc3)cc21)C(=O)OCc1ccccc1.NCC1CCCO1. The van der Waals surface area contributed by atoms with Crippen molar-refractivity contribution in [3.63, 3.8) is 0 Å². The molecule has 6 rings (SSSR count). The van der Waals surface area contributed by atoms with Crippen LogP contribution in [0.25, 0.3) is 11.0 Å². The quantitative estimate of drug-likeness (QED) is 0.211. The number of carbonyl (C=O) groups is 2. The van der Waals surface area contributed by atoms with Crippen LogP contribution < -0.4 is 16.6 Å². The number of ether oxygens (including phenoxy) is 3. The Morgan fingerprint density at radius 3 is 2.38 bits per heavy atom. The fraction of sp³-hybridized carbons (Fsp3) is 0.405. The molecule has 2 aliphatic heterocycles. The molecular formula is C37H44FN5O7. The molecule has 2 unspecified atom stereocenters. The van der Waals surface area contributed by atoms with Crippen LogP contribution in [-0.2, 0) is 33.8 Å². The standard InChI is InChI=1S/C32H33FN4O6.C5H11NO/c1-36(32(41)43-20-22-6-3-2-4-7-22)13-14-37-26-17-23(16-21-9-11-24(33)12-10-21)18-34-28(26)29(38)27(31(37)40)30(39)35-19-25-8-5-15-42-25;6-4-5-2-1-3-7-5/h2-4,6-7,9-12,17-18,25,38H,5,8,13-16,19-20H2,1H3,(H,35,39);5H,1-4,6H2. The van der Waals surface area contributed by atoms with Crippen molar-refractivity contribution >= 4 is 23.0 Å². The molecule has 4 heterocycles. The Kier molecular flexibility index (Phi) is 12.9. The van der Waals surface area contributed by atoms with Crippen LogP contribution in [0.15, 0.2) is 71.7 Å². The number of nitrogens with one attached hydrogen (secondary N) is 1. The lowest BCUT2D eigenvalue weighted by Crippen LogP contribution is -2.38. The van der Waals surface area contributed by atoms with Gasteiger partial charge in [-0.15, -0.1) is 0 Å². The van der Waals surface area contributed by atoms with Crippen molar-refractivity contribution in [2.75, 3.05) is 39.9 Å². The molecule has 4 N–H and O–H groups in total. The van der Waals surface area contributed by atoms with Crippen LogP contribution in [0, 0.1) is 5.82 Å². The van der Waals surface area contributed by atoms with Crippen LogP contribution in [-0.4, -0.2) is 83.7 Å². The minimum atomic E-state index is -0.735. The van der Waals surface area contributed by atoms with Gasteiger partial charge in [0.1, 0.15) is 23.5 Å². The molecule has 2 amide bonds. The summed E-state index contributed by atoms with van der Waals surface area (Å²) in [7, 11) is 1.55. The number of nitrogens with two attached hydrogens (primary N) is 1. The van der Waals surface area contributed by atoms with E-state index in [4.69, 9.17) is 19.9 Å². The lowest BCUT2D eigenvalue weighted by atomic mass is 10.1. The van der Waals surface area contributed by atoms with Gasteiger partial charge in [0.25, 0.3) is 11.5 Å². The van der Waals surface area contributed by atoms with Gasteiger partial charge < -0.3 is 39.8 Å². The van der Waals surface area contributed by atoms with Gasteiger partial charge in [0, 0.05) is 52.6 Å². The van der Waals surface area contributed by atoms with E-state index in [1.807, 2.05) is 30.3 Å². The molecule has 2 aromatic carbocycles. The van der Waals surface area contributed by atoms with E-state index < -0.39 is 28.9 Å². The lowest BCUT2D eigenvalue weighted by Gasteiger charge is -2.20. The molecule has 2 fully saturated rings. The second-order valence-electron chi connectivity index (χ2n) is 12.4. The fourth-order valence-corrected chi connectivity index (χ4v) is 5.81. The molecule has 13 heteroatoms. The first-order valence-corrected chi connectivity index (χ1v) is 16.9. The van der Waals surface area contributed by atoms with Gasteiger partial charge in [0.15, 0.2) is 5.75 Å². The highest BCUT2D eigenvalue weighted by Crippen LogP contribution is 2.26. The summed E-state index contributed by atoms with van der Waals surface area (Å²) in [5.41, 5.74) is 6.89. The van der Waals surface area contributed by atoms with Crippen LogP contribution in [0.2, 0.25) is 0 Å². The Labute approximate surface area is 290 Å². The average molecular weight is 690 g/mol. The summed E-state index contributed by atoms with van der Waals surface area (Å²) in [4.78, 5) is 45.3. The molecule has 0 saturated carbocycles. The van der Waals surface area contributed by atoms with Crippen molar-refractivity contribution in [3.05, 3.63) is 105 Å². The maximum atomic E-state index is 13.7. The number of aromatic hydroxyl groups is 1. The van der Waals surface area contributed by atoms with Gasteiger partial charge in [-0.25, -0.2) is 9.18 Å². The molecule has 0 radical (unpaired) electrons. The third-order valence-corrected chi connectivity index (χ3v) is 8.66. The Morgan fingerprint density at radius 2 is 1.74 bits per heavy atom. The molecule has 0 aliphatic carbocycles. The van der Waals surface area contributed by atoms with Crippen molar-refractivity contribution in [2.24, 2.45) is 5.73 Å². The third-order valence-electron chi connectivity index (χ3n) is 8.66. The lowest BCUT2D eigenvalue weighted by molar-refractivity contribution is 0.0853. The molecule has 266 valence electrons. The molecular weight excluding hydrogens is 645 g/mol. The van der Waals surface area contributed by atoms with Crippen molar-refractivity contribution < 1.29 is 33.3 Å². The number of amides is 2. The smallest absolute Gasteiger partial charge is 0.409 e. The van der Waals surface area contributed by atoms with E-state index in [1.54, 1.807) is 31.4 Å². The average Bonchev–Trinajstić information content (AvgIpc) is 3.86. The number of pyridine rings is 2. The first-order chi connectivity index (χ1) is 24.2. The number of likely N-dealkylation sites (N-methyl/N-ethyl adjacent to an activating group) is 1. The first-order valence-electron chi connectivity index (χ1n) is 16.9. The van der Waals surface area contributed by atoms with E-state index in [0.29, 0.717) is 36.8 Å². The molecule has 4 aromatic rings. The van der Waals surface area contributed by atoms with E-state index in [1.165, 1.54) is 28.0 Å². The number of hydrogen-bond acceptors (Lipinski definition) is 9. The van der Waals surface area contributed by atoms with Crippen molar-refractivity contribution in [3.8, 4) is 5.75 Å². The van der Waals surface area contributed by atoms with E-state index >= 15 is 0 Å². The molecule has 2 aromatic heterocycles. The van der Waals surface area contributed by atoms with Gasteiger partial charge in [-0.3, -0.25) is 14.6 Å². The van der Waals surface area contributed by atoms with Gasteiger partial charge in [0.05, 0.1) is 17.7 Å². The Bertz CT molecular complexity index is 1790. The molecule has 0 spiro atoms. The highest BCUT2D eigenvalue weighted by Gasteiger charge is 2.25. The maximum Gasteiger partial charge on any atom is 0.409 e. The normalized spacial score (nSPS) is 16.9. The monoisotopic (exact) mass is 689 g/mol. The van der Waals surface area contributed by atoms with Crippen LogP contribution in [0.4, 0.5) is 9.18 Å². The van der Waals surface area contributed by atoms with Crippen LogP contribution in [0.3, 0.4) is 0 Å². The first kappa shape index (κ1) is 36.4. The molecule has 2 atom stereocenters. The van der Waals surface area contributed by atoms with Gasteiger partial charge in [-0.05, 0) is 67.0 Å². The maximum absolute atomic E-state index is 13.7. The van der Waals surface area contributed by atoms with Gasteiger partial charge in [0.2, 0.25) is 0 Å². The zero-order valence-electron chi connectivity index (χ0n) is 28.2. The summed E-state index contributed by atoms with van der Waals surface area (Å²) < 4.78 is 30.9. The molecule has 50 heavy (non-hydrogen) atoms. The molecule has 2 saturated heterocycles.